The van der Waals surface area contributed by atoms with E-state index in [1.54, 1.807) is 0 Å². The average Bonchev–Trinajstić information content (AvgIpc) is 3.62. The summed E-state index contributed by atoms with van der Waals surface area (Å²) in [5.41, 5.74) is 1.51. The zero-order valence-corrected chi connectivity index (χ0v) is 31.1. The van der Waals surface area contributed by atoms with Crippen molar-refractivity contribution in [1.82, 2.24) is 4.98 Å². The molecule has 2 nitrogen and oxygen atoms in total. The number of nitrogens with zero attached hydrogens (tertiary/aromatic N) is 1. The molecule has 46 heavy (non-hydrogen) atoms. The summed E-state index contributed by atoms with van der Waals surface area (Å²) in [6.07, 6.45) is 50.7. The first-order chi connectivity index (χ1) is 22.8. The molecule has 0 aliphatic rings. The fourth-order valence-corrected chi connectivity index (χ4v) is 7.63. The lowest BCUT2D eigenvalue weighted by atomic mass is 9.84. The van der Waals surface area contributed by atoms with E-state index in [4.69, 9.17) is 0 Å². The summed E-state index contributed by atoms with van der Waals surface area (Å²) in [5, 5.41) is 0. The summed E-state index contributed by atoms with van der Waals surface area (Å²) in [6.45, 7) is 4.62. The predicted octanol–water partition coefficient (Wildman–Crippen LogP) is 14.4. The Morgan fingerprint density at radius 3 is 1.26 bits per heavy atom. The SMILES string of the molecule is CCCCCCCCCCCCCCCCCCC(C(CCCCCCCCCCCCCC)Cc1ccccc1)[n+]1cc[nH]c1. The van der Waals surface area contributed by atoms with Crippen molar-refractivity contribution in [3.63, 3.8) is 0 Å². The molecule has 0 aliphatic carbocycles. The van der Waals surface area contributed by atoms with Gasteiger partial charge in [0, 0.05) is 5.92 Å². The Morgan fingerprint density at radius 2 is 0.870 bits per heavy atom. The summed E-state index contributed by atoms with van der Waals surface area (Å²) >= 11 is 0. The molecule has 2 unspecified atom stereocenters. The van der Waals surface area contributed by atoms with Crippen LogP contribution >= 0.6 is 0 Å². The Hall–Kier alpha value is -1.57. The van der Waals surface area contributed by atoms with E-state index in [1.165, 1.54) is 205 Å². The number of aromatic nitrogens is 2. The van der Waals surface area contributed by atoms with Crippen molar-refractivity contribution in [3.8, 4) is 0 Å². The van der Waals surface area contributed by atoms with E-state index in [-0.39, 0.29) is 0 Å². The Bertz CT molecular complexity index is 844. The van der Waals surface area contributed by atoms with Crippen LogP contribution in [-0.2, 0) is 6.42 Å². The number of rotatable bonds is 34. The molecule has 1 heterocycles. The van der Waals surface area contributed by atoms with Crippen LogP contribution in [0.15, 0.2) is 49.1 Å². The van der Waals surface area contributed by atoms with Gasteiger partial charge in [0.05, 0.1) is 0 Å². The molecule has 0 saturated carbocycles. The summed E-state index contributed by atoms with van der Waals surface area (Å²) < 4.78 is 2.51. The highest BCUT2D eigenvalue weighted by Crippen LogP contribution is 2.29. The third-order valence-corrected chi connectivity index (χ3v) is 10.6. The van der Waals surface area contributed by atoms with Crippen LogP contribution < -0.4 is 4.57 Å². The van der Waals surface area contributed by atoms with Crippen LogP contribution in [0.4, 0.5) is 0 Å². The number of hydrogen-bond donors (Lipinski definition) is 1. The zero-order chi connectivity index (χ0) is 32.6. The van der Waals surface area contributed by atoms with Crippen LogP contribution in [0.25, 0.3) is 0 Å². The summed E-state index contributed by atoms with van der Waals surface area (Å²) in [6, 6.07) is 11.9. The molecule has 2 atom stereocenters. The molecule has 0 amide bonds. The molecule has 264 valence electrons. The Morgan fingerprint density at radius 1 is 0.478 bits per heavy atom. The van der Waals surface area contributed by atoms with Crippen molar-refractivity contribution < 1.29 is 4.57 Å². The molecular weight excluding hydrogens is 556 g/mol. The maximum absolute atomic E-state index is 3.36. The molecule has 0 aliphatic heterocycles. The van der Waals surface area contributed by atoms with Gasteiger partial charge in [-0.25, -0.2) is 4.57 Å². The smallest absolute Gasteiger partial charge is 0.241 e. The topological polar surface area (TPSA) is 19.7 Å². The fourth-order valence-electron chi connectivity index (χ4n) is 7.63. The van der Waals surface area contributed by atoms with Crippen molar-refractivity contribution in [1.29, 1.82) is 0 Å². The number of hydrogen-bond acceptors (Lipinski definition) is 0. The molecule has 1 aromatic heterocycles. The summed E-state index contributed by atoms with van der Waals surface area (Å²) in [7, 11) is 0. The summed E-state index contributed by atoms with van der Waals surface area (Å²) in [5.74, 6) is 0.711. The number of H-pyrrole nitrogens is 1. The van der Waals surface area contributed by atoms with Gasteiger partial charge in [-0.1, -0.05) is 218 Å². The second-order valence-corrected chi connectivity index (χ2v) is 14.8. The molecule has 0 bridgehead atoms. The average molecular weight is 636 g/mol. The lowest BCUT2D eigenvalue weighted by molar-refractivity contribution is -0.730. The van der Waals surface area contributed by atoms with Crippen LogP contribution in [0.3, 0.4) is 0 Å². The predicted molar refractivity (Wildman–Crippen MR) is 204 cm³/mol. The third kappa shape index (κ3) is 22.1. The number of benzene rings is 1. The van der Waals surface area contributed by atoms with E-state index in [2.05, 4.69) is 72.5 Å². The standard InChI is InChI=1S/C44H78N2/c1-3-5-7-9-11-13-15-17-18-19-20-22-24-26-28-33-37-44(46-39-38-45-41-46)43(40-42-34-30-29-31-35-42)36-32-27-25-23-21-16-14-12-10-8-6-4-2/h29-31,34-35,38-39,41,43-44H,3-28,32-33,36-37,40H2,1-2H3/p+1. The van der Waals surface area contributed by atoms with Gasteiger partial charge in [0.2, 0.25) is 6.33 Å². The third-order valence-electron chi connectivity index (χ3n) is 10.6. The van der Waals surface area contributed by atoms with Gasteiger partial charge in [0.15, 0.2) is 0 Å². The van der Waals surface area contributed by atoms with Gasteiger partial charge in [0.1, 0.15) is 18.4 Å². The first-order valence-corrected chi connectivity index (χ1v) is 20.9. The monoisotopic (exact) mass is 636 g/mol. The van der Waals surface area contributed by atoms with Crippen molar-refractivity contribution in [3.05, 3.63) is 54.6 Å². The molecule has 2 rings (SSSR count). The van der Waals surface area contributed by atoms with E-state index < -0.39 is 0 Å². The number of nitrogens with one attached hydrogen (secondary N) is 1. The van der Waals surface area contributed by atoms with E-state index in [0.29, 0.717) is 12.0 Å². The fraction of sp³-hybridized carbons (Fsp3) is 0.795. The second-order valence-electron chi connectivity index (χ2n) is 14.8. The number of aromatic amines is 1. The minimum Gasteiger partial charge on any atom is -0.250 e. The highest BCUT2D eigenvalue weighted by Gasteiger charge is 2.26. The van der Waals surface area contributed by atoms with E-state index in [0.717, 1.165) is 0 Å². The Labute approximate surface area is 288 Å². The minimum absolute atomic E-state index is 0.603. The van der Waals surface area contributed by atoms with Crippen molar-refractivity contribution in [2.45, 2.75) is 219 Å². The lowest BCUT2D eigenvalue weighted by Gasteiger charge is -2.25. The number of imidazole rings is 1. The van der Waals surface area contributed by atoms with Crippen LogP contribution in [0, 0.1) is 5.92 Å². The molecule has 1 aromatic carbocycles. The maximum Gasteiger partial charge on any atom is 0.241 e. The highest BCUT2D eigenvalue weighted by molar-refractivity contribution is 5.15. The van der Waals surface area contributed by atoms with Gasteiger partial charge >= 0.3 is 0 Å². The van der Waals surface area contributed by atoms with Crippen LogP contribution in [0.2, 0.25) is 0 Å². The molecule has 1 N–H and O–H groups in total. The quantitative estimate of drug-likeness (QED) is 0.0583. The van der Waals surface area contributed by atoms with Gasteiger partial charge < -0.3 is 0 Å². The summed E-state index contributed by atoms with van der Waals surface area (Å²) in [4.78, 5) is 3.36. The van der Waals surface area contributed by atoms with E-state index in [1.807, 2.05) is 0 Å². The van der Waals surface area contributed by atoms with Gasteiger partial charge in [-0.15, -0.1) is 0 Å². The van der Waals surface area contributed by atoms with E-state index >= 15 is 0 Å². The van der Waals surface area contributed by atoms with E-state index in [9.17, 15) is 0 Å². The van der Waals surface area contributed by atoms with Crippen molar-refractivity contribution in [2.24, 2.45) is 5.92 Å². The lowest BCUT2D eigenvalue weighted by Crippen LogP contribution is -2.42. The van der Waals surface area contributed by atoms with Gasteiger partial charge in [-0.2, -0.15) is 0 Å². The minimum atomic E-state index is 0.603. The van der Waals surface area contributed by atoms with Gasteiger partial charge in [-0.3, -0.25) is 4.98 Å². The Kier molecular flexibility index (Phi) is 27.1. The number of unbranched alkanes of at least 4 members (excludes halogenated alkanes) is 26. The zero-order valence-electron chi connectivity index (χ0n) is 31.1. The van der Waals surface area contributed by atoms with Crippen LogP contribution in [0.1, 0.15) is 218 Å². The van der Waals surface area contributed by atoms with Crippen LogP contribution in [0.5, 0.6) is 0 Å². The molecule has 2 heteroatoms. The first kappa shape index (κ1) is 40.6. The van der Waals surface area contributed by atoms with Crippen LogP contribution in [-0.4, -0.2) is 4.98 Å². The molecule has 0 saturated heterocycles. The molecular formula is C44H79N2+. The van der Waals surface area contributed by atoms with Crippen molar-refractivity contribution >= 4 is 0 Å². The molecule has 0 radical (unpaired) electrons. The molecule has 0 fully saturated rings. The van der Waals surface area contributed by atoms with Gasteiger partial charge in [0.25, 0.3) is 0 Å². The largest absolute Gasteiger partial charge is 0.250 e. The van der Waals surface area contributed by atoms with Crippen molar-refractivity contribution in [2.75, 3.05) is 0 Å². The highest BCUT2D eigenvalue weighted by atomic mass is 15.1. The Balaban J connectivity index is 1.64. The molecule has 2 aromatic rings. The molecule has 0 spiro atoms. The second kappa shape index (κ2) is 30.7. The normalized spacial score (nSPS) is 12.9. The maximum atomic E-state index is 3.36. The first-order valence-electron chi connectivity index (χ1n) is 20.9. The van der Waals surface area contributed by atoms with Gasteiger partial charge in [-0.05, 0) is 31.2 Å².